The first-order valence-electron chi connectivity index (χ1n) is 27.8. The molecule has 0 amide bonds. The number of ether oxygens (including phenoxy) is 1. The molecule has 6 heterocycles. The van der Waals surface area contributed by atoms with Gasteiger partial charge in [0.05, 0.1) is 32.8 Å². The number of furan rings is 2. The maximum Gasteiger partial charge on any atom is 0.256 e. The van der Waals surface area contributed by atoms with Gasteiger partial charge < -0.3 is 22.7 Å². The van der Waals surface area contributed by atoms with Crippen LogP contribution in [0.5, 0.6) is 11.5 Å². The van der Waals surface area contributed by atoms with Crippen LogP contribution in [-0.2, 0) is 23.7 Å². The monoisotopic (exact) mass is 1010 g/mol. The average Bonchev–Trinajstić information content (AvgIpc) is 2.16. The van der Waals surface area contributed by atoms with Gasteiger partial charge >= 0.3 is 0 Å². The smallest absolute Gasteiger partial charge is 0.256 e. The van der Waals surface area contributed by atoms with Crippen molar-refractivity contribution in [3.05, 3.63) is 210 Å². The molecule has 5 nitrogen and oxygen atoms in total. The molecule has 0 saturated carbocycles. The Bertz CT molecular complexity index is 4860. The maximum absolute atomic E-state index is 7.33. The zero-order chi connectivity index (χ0) is 52.5. The molecule has 0 saturated heterocycles. The maximum atomic E-state index is 7.33. The molecule has 0 unspecified atom stereocenters. The summed E-state index contributed by atoms with van der Waals surface area (Å²) in [5.74, 6) is 1.84. The van der Waals surface area contributed by atoms with Gasteiger partial charge in [0.15, 0.2) is 0 Å². The number of fused-ring (bicyclic) bond motifs is 18. The average molecular weight is 1010 g/mol. The summed E-state index contributed by atoms with van der Waals surface area (Å²) in [6.07, 6.45) is 3.00. The summed E-state index contributed by atoms with van der Waals surface area (Å²) >= 11 is 0. The Hall–Kier alpha value is -8.74. The summed E-state index contributed by atoms with van der Waals surface area (Å²) in [5.41, 5.74) is 22.9. The Kier molecular flexibility index (Phi) is 9.42. The molecular weight excluding hydrogens is 952 g/mol. The number of benzene rings is 10. The molecule has 4 aromatic heterocycles. The van der Waals surface area contributed by atoms with Crippen molar-refractivity contribution < 1.29 is 13.6 Å². The van der Waals surface area contributed by atoms with E-state index in [1.165, 1.54) is 77.1 Å². The molecule has 0 aliphatic carbocycles. The van der Waals surface area contributed by atoms with E-state index in [1.54, 1.807) is 0 Å². The highest BCUT2D eigenvalue weighted by Gasteiger charge is 2.43. The largest absolute Gasteiger partial charge is 0.458 e. The fraction of sp³-hybridized carbons (Fsp3) is 0.167. The number of aromatic nitrogens is 2. The number of hydrogen-bond acceptors (Lipinski definition) is 3. The van der Waals surface area contributed by atoms with Crippen molar-refractivity contribution in [1.82, 2.24) is 9.13 Å². The number of rotatable bonds is 6. The molecule has 16 rings (SSSR count). The Morgan fingerprint density at radius 2 is 1.13 bits per heavy atom. The van der Waals surface area contributed by atoms with E-state index in [4.69, 9.17) is 13.6 Å². The Labute approximate surface area is 453 Å². The molecular formula is C72H57BN2O3. The summed E-state index contributed by atoms with van der Waals surface area (Å²) < 4.78 is 26.7. The van der Waals surface area contributed by atoms with Gasteiger partial charge in [-0.25, -0.2) is 0 Å². The van der Waals surface area contributed by atoms with Crippen LogP contribution in [0.25, 0.3) is 110 Å². The van der Waals surface area contributed by atoms with Crippen LogP contribution in [0, 0.1) is 6.92 Å². The van der Waals surface area contributed by atoms with E-state index in [0.29, 0.717) is 0 Å². The van der Waals surface area contributed by atoms with Crippen LogP contribution < -0.4 is 21.1 Å². The quantitative estimate of drug-likeness (QED) is 0.156. The van der Waals surface area contributed by atoms with Crippen LogP contribution >= 0.6 is 0 Å². The van der Waals surface area contributed by atoms with Crippen LogP contribution in [-0.4, -0.2) is 15.8 Å². The highest BCUT2D eigenvalue weighted by atomic mass is 16.5. The van der Waals surface area contributed by atoms with Gasteiger partial charge in [0, 0.05) is 43.7 Å². The lowest BCUT2D eigenvalue weighted by molar-refractivity contribution is 0.479. The number of nitrogens with zero attached hydrogens (tertiary/aromatic N) is 2. The predicted octanol–water partition coefficient (Wildman–Crippen LogP) is 17.4. The van der Waals surface area contributed by atoms with Gasteiger partial charge in [-0.2, -0.15) is 0 Å². The third-order valence-corrected chi connectivity index (χ3v) is 17.6. The van der Waals surface area contributed by atoms with Gasteiger partial charge in [-0.05, 0) is 165 Å². The lowest BCUT2D eigenvalue weighted by Gasteiger charge is -2.35. The second-order valence-electron chi connectivity index (χ2n) is 24.3. The van der Waals surface area contributed by atoms with Crippen molar-refractivity contribution >= 4 is 111 Å². The van der Waals surface area contributed by atoms with E-state index >= 15 is 0 Å². The van der Waals surface area contributed by atoms with Crippen molar-refractivity contribution in [2.45, 2.75) is 78.6 Å². The van der Waals surface area contributed by atoms with E-state index in [9.17, 15) is 0 Å². The predicted molar refractivity (Wildman–Crippen MR) is 327 cm³/mol. The molecule has 0 bridgehead atoms. The molecule has 0 spiro atoms. The highest BCUT2D eigenvalue weighted by Crippen LogP contribution is 2.48. The molecule has 0 N–H and O–H groups in total. The first-order valence-corrected chi connectivity index (χ1v) is 27.8. The molecule has 0 atom stereocenters. The number of para-hydroxylation sites is 2. The van der Waals surface area contributed by atoms with Crippen LogP contribution in [0.4, 0.5) is 0 Å². The summed E-state index contributed by atoms with van der Waals surface area (Å²) in [4.78, 5) is 0. The normalized spacial score (nSPS) is 13.3. The Morgan fingerprint density at radius 1 is 0.462 bits per heavy atom. The van der Waals surface area contributed by atoms with Crippen LogP contribution in [0.2, 0.25) is 0 Å². The van der Waals surface area contributed by atoms with Gasteiger partial charge in [-0.15, -0.1) is 0 Å². The van der Waals surface area contributed by atoms with Gasteiger partial charge in [0.1, 0.15) is 33.8 Å². The lowest BCUT2D eigenvalue weighted by Crippen LogP contribution is -2.58. The van der Waals surface area contributed by atoms with Crippen LogP contribution in [0.3, 0.4) is 0 Å². The third-order valence-electron chi connectivity index (χ3n) is 17.6. The first-order chi connectivity index (χ1) is 37.9. The summed E-state index contributed by atoms with van der Waals surface area (Å²) in [6.45, 7) is 15.9. The minimum absolute atomic E-state index is 0.0568. The van der Waals surface area contributed by atoms with Crippen molar-refractivity contribution in [2.24, 2.45) is 0 Å². The molecule has 376 valence electrons. The standard InChI is InChI=1S/C72H57BN2O3/c1-41-17-8-10-21-47(41)48-22-11-9-19-43(48)20-16-18-42-27-33-61-52(35-42)51-30-32-59-65(69(51)77-61)66-68-56(73-55-31-28-44(71(2,3)4)37-63(55)76-64-38-45(72(5,6)7)36-60(67(64)73)75(59)68)40-54-53-39-46(29-34-62(53)78-70(54)66)74-57-25-14-12-23-49(57)50-24-13-15-26-58(50)74/h8-15,17,19,21-40H,16,18,20H2,1-7H3. The molecule has 6 heteroatoms. The second kappa shape index (κ2) is 16.2. The van der Waals surface area contributed by atoms with E-state index in [0.717, 1.165) is 108 Å². The molecule has 0 fully saturated rings. The zero-order valence-corrected chi connectivity index (χ0v) is 45.1. The Morgan fingerprint density at radius 3 is 1.88 bits per heavy atom. The van der Waals surface area contributed by atoms with Gasteiger partial charge in [0.25, 0.3) is 6.71 Å². The highest BCUT2D eigenvalue weighted by molar-refractivity contribution is 6.99. The third kappa shape index (κ3) is 6.49. The van der Waals surface area contributed by atoms with Crippen LogP contribution in [0.15, 0.2) is 191 Å². The molecule has 14 aromatic rings. The SMILES string of the molecule is Cc1ccccc1-c1ccccc1CCCc1ccc2oc3c(ccc4c3c3c5oc6ccc(-n7c8ccccc8c8ccccc87)cc6c5cc5c3n4-c3cc(C(C)(C)C)cc4c3B5c3ccc(C(C)(C)C)cc3O4)c2c1. The van der Waals surface area contributed by atoms with Crippen LogP contribution in [0.1, 0.15) is 75.8 Å². The topological polar surface area (TPSA) is 45.4 Å². The number of hydrogen-bond donors (Lipinski definition) is 0. The molecule has 78 heavy (non-hydrogen) atoms. The van der Waals surface area contributed by atoms with Crippen molar-refractivity contribution in [3.8, 4) is 34.0 Å². The molecule has 2 aliphatic rings. The van der Waals surface area contributed by atoms with Gasteiger partial charge in [-0.3, -0.25) is 0 Å². The minimum atomic E-state index is -0.148. The van der Waals surface area contributed by atoms with Gasteiger partial charge in [0.2, 0.25) is 0 Å². The van der Waals surface area contributed by atoms with E-state index in [2.05, 4.69) is 240 Å². The molecule has 0 radical (unpaired) electrons. The Balaban J connectivity index is 0.945. The van der Waals surface area contributed by atoms with Crippen molar-refractivity contribution in [2.75, 3.05) is 0 Å². The zero-order valence-electron chi connectivity index (χ0n) is 45.1. The molecule has 10 aromatic carbocycles. The molecule has 2 aliphatic heterocycles. The minimum Gasteiger partial charge on any atom is -0.458 e. The summed E-state index contributed by atoms with van der Waals surface area (Å²) in [6, 6.07) is 67.5. The van der Waals surface area contributed by atoms with E-state index < -0.39 is 0 Å². The fourth-order valence-corrected chi connectivity index (χ4v) is 13.7. The summed E-state index contributed by atoms with van der Waals surface area (Å²) in [5, 5.41) is 9.04. The fourth-order valence-electron chi connectivity index (χ4n) is 13.7. The van der Waals surface area contributed by atoms with E-state index in [1.807, 2.05) is 0 Å². The van der Waals surface area contributed by atoms with Crippen molar-refractivity contribution in [3.63, 3.8) is 0 Å². The number of aryl methyl sites for hydroxylation is 3. The van der Waals surface area contributed by atoms with Gasteiger partial charge in [-0.1, -0.05) is 151 Å². The second-order valence-corrected chi connectivity index (χ2v) is 24.3. The lowest BCUT2D eigenvalue weighted by atomic mass is 9.34. The first kappa shape index (κ1) is 45.5. The summed E-state index contributed by atoms with van der Waals surface area (Å²) in [7, 11) is 0. The van der Waals surface area contributed by atoms with E-state index in [-0.39, 0.29) is 17.5 Å². The van der Waals surface area contributed by atoms with Crippen molar-refractivity contribution in [1.29, 1.82) is 0 Å².